The van der Waals surface area contributed by atoms with Crippen LogP contribution in [0.4, 0.5) is 10.5 Å². The number of hydrogen-bond donors (Lipinski definition) is 0. The van der Waals surface area contributed by atoms with E-state index < -0.39 is 0 Å². The minimum atomic E-state index is -0.239. The van der Waals surface area contributed by atoms with Crippen molar-refractivity contribution in [1.29, 1.82) is 0 Å². The Kier molecular flexibility index (Phi) is 6.17. The van der Waals surface area contributed by atoms with E-state index >= 15 is 0 Å². The first-order valence-corrected chi connectivity index (χ1v) is 12.2. The molecule has 4 rings (SSSR count). The van der Waals surface area contributed by atoms with Crippen LogP contribution in [0, 0.1) is 6.92 Å². The van der Waals surface area contributed by atoms with E-state index in [2.05, 4.69) is 51.7 Å². The molecule has 1 fully saturated rings. The number of aryl methyl sites for hydroxylation is 1. The van der Waals surface area contributed by atoms with Crippen molar-refractivity contribution in [3.8, 4) is 0 Å². The van der Waals surface area contributed by atoms with Crippen molar-refractivity contribution in [3.05, 3.63) is 68.6 Å². The minimum absolute atomic E-state index is 0.111. The predicted molar refractivity (Wildman–Crippen MR) is 134 cm³/mol. The fraction of sp³-hybridized carbons (Fsp3) is 0.385. The van der Waals surface area contributed by atoms with E-state index in [1.54, 1.807) is 12.1 Å². The van der Waals surface area contributed by atoms with Gasteiger partial charge in [0.25, 0.3) is 11.1 Å². The molecule has 1 unspecified atom stereocenters. The van der Waals surface area contributed by atoms with E-state index in [0.717, 1.165) is 41.4 Å². The molecule has 1 atom stereocenters. The lowest BCUT2D eigenvalue weighted by molar-refractivity contribution is -0.123. The van der Waals surface area contributed by atoms with E-state index in [1.165, 1.54) is 16.2 Å². The first-order chi connectivity index (χ1) is 15.1. The molecule has 0 N–H and O–H groups in total. The van der Waals surface area contributed by atoms with Crippen molar-refractivity contribution < 1.29 is 9.59 Å². The molecule has 2 amide bonds. The van der Waals surface area contributed by atoms with Gasteiger partial charge in [-0.1, -0.05) is 30.7 Å². The summed E-state index contributed by atoms with van der Waals surface area (Å²) in [6.45, 7) is 12.3. The topological polar surface area (TPSA) is 40.6 Å². The zero-order valence-corrected chi connectivity index (χ0v) is 20.8. The lowest BCUT2D eigenvalue weighted by atomic mass is 9.79. The molecule has 0 spiro atoms. The molecule has 6 heteroatoms. The van der Waals surface area contributed by atoms with Gasteiger partial charge in [-0.2, -0.15) is 0 Å². The van der Waals surface area contributed by atoms with Crippen LogP contribution >= 0.6 is 23.4 Å². The van der Waals surface area contributed by atoms with E-state index in [4.69, 9.17) is 11.6 Å². The maximum Gasteiger partial charge on any atom is 0.293 e. The molecule has 2 aliphatic rings. The van der Waals surface area contributed by atoms with Crippen molar-refractivity contribution in [3.63, 3.8) is 0 Å². The summed E-state index contributed by atoms with van der Waals surface area (Å²) in [5.74, 6) is 0.187. The van der Waals surface area contributed by atoms with Crippen LogP contribution in [-0.2, 0) is 11.3 Å². The Morgan fingerprint density at radius 3 is 2.53 bits per heavy atom. The average molecular weight is 469 g/mol. The summed E-state index contributed by atoms with van der Waals surface area (Å²) >= 11 is 6.96. The summed E-state index contributed by atoms with van der Waals surface area (Å²) in [4.78, 5) is 29.8. The van der Waals surface area contributed by atoms with Gasteiger partial charge in [0.15, 0.2) is 0 Å². The van der Waals surface area contributed by atoms with Crippen molar-refractivity contribution >= 4 is 46.3 Å². The zero-order valence-electron chi connectivity index (χ0n) is 19.2. The Hall–Kier alpha value is -2.24. The number of hydrogen-bond acceptors (Lipinski definition) is 4. The second-order valence-corrected chi connectivity index (χ2v) is 10.8. The molecule has 32 heavy (non-hydrogen) atoms. The normalized spacial score (nSPS) is 21.4. The third kappa shape index (κ3) is 4.20. The Morgan fingerprint density at radius 1 is 1.19 bits per heavy atom. The predicted octanol–water partition coefficient (Wildman–Crippen LogP) is 7.00. The Balaban J connectivity index is 1.64. The molecule has 0 saturated carbocycles. The summed E-state index contributed by atoms with van der Waals surface area (Å²) in [5.41, 5.74) is 5.68. The molecule has 0 aliphatic carbocycles. The maximum absolute atomic E-state index is 13.0. The van der Waals surface area contributed by atoms with Gasteiger partial charge in [-0.05, 0) is 104 Å². The fourth-order valence-corrected chi connectivity index (χ4v) is 5.91. The van der Waals surface area contributed by atoms with Crippen molar-refractivity contribution in [1.82, 2.24) is 4.90 Å². The summed E-state index contributed by atoms with van der Waals surface area (Å²) in [7, 11) is 0. The summed E-state index contributed by atoms with van der Waals surface area (Å²) in [5, 5.41) is 0.393. The monoisotopic (exact) mass is 468 g/mol. The molecule has 2 aromatic rings. The molecule has 2 aromatic carbocycles. The highest BCUT2D eigenvalue weighted by molar-refractivity contribution is 8.18. The first kappa shape index (κ1) is 22.9. The lowest BCUT2D eigenvalue weighted by Gasteiger charge is -2.47. The number of amides is 2. The molecule has 0 radical (unpaired) electrons. The number of rotatable bonds is 4. The molecule has 2 heterocycles. The number of nitrogens with zero attached hydrogens (tertiary/aromatic N) is 2. The van der Waals surface area contributed by atoms with Crippen LogP contribution in [-0.4, -0.2) is 28.1 Å². The lowest BCUT2D eigenvalue weighted by Crippen LogP contribution is -2.48. The van der Waals surface area contributed by atoms with Gasteiger partial charge < -0.3 is 4.90 Å². The van der Waals surface area contributed by atoms with Crippen LogP contribution in [0.15, 0.2) is 41.3 Å². The number of thioether (sulfide) groups is 1. The van der Waals surface area contributed by atoms with Gasteiger partial charge in [0, 0.05) is 22.8 Å². The first-order valence-electron chi connectivity index (χ1n) is 11.0. The average Bonchev–Trinajstić information content (AvgIpc) is 2.98. The van der Waals surface area contributed by atoms with E-state index in [1.807, 2.05) is 18.2 Å². The molecule has 1 saturated heterocycles. The highest BCUT2D eigenvalue weighted by Gasteiger charge is 2.37. The van der Waals surface area contributed by atoms with Crippen LogP contribution in [0.3, 0.4) is 0 Å². The van der Waals surface area contributed by atoms with E-state index in [9.17, 15) is 9.59 Å². The van der Waals surface area contributed by atoms with Gasteiger partial charge in [0.05, 0.1) is 11.4 Å². The number of halogens is 1. The summed E-state index contributed by atoms with van der Waals surface area (Å²) in [6, 6.07) is 11.7. The van der Waals surface area contributed by atoms with Gasteiger partial charge in [0.2, 0.25) is 0 Å². The number of fused-ring (bicyclic) bond motifs is 1. The van der Waals surface area contributed by atoms with Crippen LogP contribution in [0.5, 0.6) is 0 Å². The molecule has 2 aliphatic heterocycles. The van der Waals surface area contributed by atoms with Gasteiger partial charge in [-0.15, -0.1) is 0 Å². The second-order valence-electron chi connectivity index (χ2n) is 9.32. The smallest absolute Gasteiger partial charge is 0.293 e. The van der Waals surface area contributed by atoms with E-state index in [0.29, 0.717) is 15.8 Å². The second kappa shape index (κ2) is 8.60. The molecule has 168 valence electrons. The number of carbonyl (C=O) groups is 2. The van der Waals surface area contributed by atoms with Crippen molar-refractivity contribution in [2.45, 2.75) is 59.0 Å². The Labute approximate surface area is 199 Å². The highest BCUT2D eigenvalue weighted by Crippen LogP contribution is 2.45. The van der Waals surface area contributed by atoms with Gasteiger partial charge in [0.1, 0.15) is 0 Å². The number of imide groups is 1. The van der Waals surface area contributed by atoms with Crippen molar-refractivity contribution in [2.24, 2.45) is 0 Å². The van der Waals surface area contributed by atoms with Crippen molar-refractivity contribution in [2.75, 3.05) is 11.4 Å². The fourth-order valence-electron chi connectivity index (χ4n) is 4.95. The number of benzene rings is 2. The van der Waals surface area contributed by atoms with E-state index in [-0.39, 0.29) is 23.2 Å². The van der Waals surface area contributed by atoms with Crippen LogP contribution in [0.2, 0.25) is 5.02 Å². The van der Waals surface area contributed by atoms with Gasteiger partial charge in [-0.3, -0.25) is 14.5 Å². The summed E-state index contributed by atoms with van der Waals surface area (Å²) in [6.07, 6.45) is 2.96. The summed E-state index contributed by atoms with van der Waals surface area (Å²) < 4.78 is 0. The SMILES string of the molecule is CCN1c2cc(C)c(/C=C3/SC(=O)N(Cc4ccc(Cl)cc4)C3=O)cc2C(C)CC1(C)C. The molecular weight excluding hydrogens is 440 g/mol. The van der Waals surface area contributed by atoms with Crippen LogP contribution < -0.4 is 4.90 Å². The molecule has 0 aromatic heterocycles. The molecule has 4 nitrogen and oxygen atoms in total. The maximum atomic E-state index is 13.0. The Bertz CT molecular complexity index is 1110. The zero-order chi connectivity index (χ0) is 23.2. The molecule has 0 bridgehead atoms. The molecular formula is C26H29ClN2O2S. The third-order valence-electron chi connectivity index (χ3n) is 6.50. The number of carbonyl (C=O) groups excluding carboxylic acids is 2. The Morgan fingerprint density at radius 2 is 1.88 bits per heavy atom. The van der Waals surface area contributed by atoms with Crippen LogP contribution in [0.25, 0.3) is 6.08 Å². The highest BCUT2D eigenvalue weighted by atomic mass is 35.5. The number of anilines is 1. The largest absolute Gasteiger partial charge is 0.366 e. The standard InChI is InChI=1S/C26H29ClN2O2S/c1-6-29-22-11-16(2)19(12-21(22)17(3)14-26(29,4)5)13-23-24(30)28(25(31)32-23)15-18-7-9-20(27)10-8-18/h7-13,17H,6,14-15H2,1-5H3/b23-13+. The quantitative estimate of drug-likeness (QED) is 0.453. The van der Waals surface area contributed by atoms with Crippen LogP contribution in [0.1, 0.15) is 62.3 Å². The third-order valence-corrected chi connectivity index (χ3v) is 7.66. The van der Waals surface area contributed by atoms with Gasteiger partial charge in [-0.25, -0.2) is 0 Å². The minimum Gasteiger partial charge on any atom is -0.366 e. The van der Waals surface area contributed by atoms with Gasteiger partial charge >= 0.3 is 0 Å².